The number of nitrogens with two attached hydrogens (primary N) is 1. The fourth-order valence-electron chi connectivity index (χ4n) is 2.52. The van der Waals surface area contributed by atoms with Crippen molar-refractivity contribution in [2.45, 2.75) is 25.7 Å². The number of benzene rings is 1. The Morgan fingerprint density at radius 3 is 2.94 bits per heavy atom. The summed E-state index contributed by atoms with van der Waals surface area (Å²) in [6, 6.07) is 8.01. The molecule has 0 bridgehead atoms. The van der Waals surface area contributed by atoms with Crippen LogP contribution in [0.2, 0.25) is 0 Å². The molecule has 94 valence electrons. The lowest BCUT2D eigenvalue weighted by Gasteiger charge is -2.25. The van der Waals surface area contributed by atoms with E-state index in [0.717, 1.165) is 34.7 Å². The van der Waals surface area contributed by atoms with Crippen molar-refractivity contribution >= 4 is 22.3 Å². The predicted molar refractivity (Wildman–Crippen MR) is 76.6 cm³/mol. The van der Waals surface area contributed by atoms with Crippen molar-refractivity contribution in [1.82, 2.24) is 4.98 Å². The van der Waals surface area contributed by atoms with Crippen LogP contribution in [0.4, 0.5) is 11.4 Å². The SMILES string of the molecule is Nc1c(NCCC2CCC2)ccc2ncccc12. The summed E-state index contributed by atoms with van der Waals surface area (Å²) >= 11 is 0. The summed E-state index contributed by atoms with van der Waals surface area (Å²) in [6.07, 6.45) is 7.27. The van der Waals surface area contributed by atoms with Gasteiger partial charge in [0.1, 0.15) is 0 Å². The van der Waals surface area contributed by atoms with Gasteiger partial charge in [0.15, 0.2) is 0 Å². The molecule has 18 heavy (non-hydrogen) atoms. The number of anilines is 2. The molecule has 3 rings (SSSR count). The number of pyridine rings is 1. The maximum atomic E-state index is 6.18. The van der Waals surface area contributed by atoms with Crippen LogP contribution in [-0.4, -0.2) is 11.5 Å². The lowest BCUT2D eigenvalue weighted by Crippen LogP contribution is -2.16. The number of hydrogen-bond donors (Lipinski definition) is 2. The lowest BCUT2D eigenvalue weighted by molar-refractivity contribution is 0.303. The molecule has 1 aromatic carbocycles. The topological polar surface area (TPSA) is 50.9 Å². The van der Waals surface area contributed by atoms with Gasteiger partial charge in [-0.2, -0.15) is 0 Å². The van der Waals surface area contributed by atoms with E-state index in [0.29, 0.717) is 0 Å². The van der Waals surface area contributed by atoms with Crippen LogP contribution >= 0.6 is 0 Å². The maximum absolute atomic E-state index is 6.18. The van der Waals surface area contributed by atoms with Gasteiger partial charge in [0.2, 0.25) is 0 Å². The Hall–Kier alpha value is -1.77. The molecular formula is C15H19N3. The molecule has 3 N–H and O–H groups in total. The number of hydrogen-bond acceptors (Lipinski definition) is 3. The fourth-order valence-corrected chi connectivity index (χ4v) is 2.52. The maximum Gasteiger partial charge on any atom is 0.0724 e. The average molecular weight is 241 g/mol. The highest BCUT2D eigenvalue weighted by atomic mass is 14.9. The lowest BCUT2D eigenvalue weighted by atomic mass is 9.83. The summed E-state index contributed by atoms with van der Waals surface area (Å²) in [7, 11) is 0. The molecule has 1 fully saturated rings. The van der Waals surface area contributed by atoms with Crippen molar-refractivity contribution in [2.75, 3.05) is 17.6 Å². The van der Waals surface area contributed by atoms with Gasteiger partial charge in [-0.25, -0.2) is 0 Å². The number of nitrogens with zero attached hydrogens (tertiary/aromatic N) is 1. The van der Waals surface area contributed by atoms with Crippen molar-refractivity contribution in [3.05, 3.63) is 30.5 Å². The fraction of sp³-hybridized carbons (Fsp3) is 0.400. The molecule has 3 heteroatoms. The number of nitrogen functional groups attached to an aromatic ring is 1. The molecule has 0 saturated heterocycles. The zero-order valence-corrected chi connectivity index (χ0v) is 10.5. The molecule has 1 aliphatic carbocycles. The first-order valence-electron chi connectivity index (χ1n) is 6.71. The van der Waals surface area contributed by atoms with Crippen molar-refractivity contribution in [1.29, 1.82) is 0 Å². The van der Waals surface area contributed by atoms with Gasteiger partial charge >= 0.3 is 0 Å². The molecule has 1 aromatic heterocycles. The third-order valence-electron chi connectivity index (χ3n) is 3.92. The van der Waals surface area contributed by atoms with Gasteiger partial charge in [0.05, 0.1) is 16.9 Å². The standard InChI is InChI=1S/C15H19N3/c16-15-12-5-2-9-17-13(12)6-7-14(15)18-10-8-11-3-1-4-11/h2,5-7,9,11,18H,1,3-4,8,10,16H2. The van der Waals surface area contributed by atoms with E-state index in [2.05, 4.69) is 10.3 Å². The Kier molecular flexibility index (Phi) is 3.05. The molecule has 0 radical (unpaired) electrons. The van der Waals surface area contributed by atoms with Crippen LogP contribution in [0.3, 0.4) is 0 Å². The van der Waals surface area contributed by atoms with E-state index in [1.54, 1.807) is 6.20 Å². The summed E-state index contributed by atoms with van der Waals surface area (Å²) in [4.78, 5) is 4.31. The Morgan fingerprint density at radius 1 is 1.28 bits per heavy atom. The molecular weight excluding hydrogens is 222 g/mol. The molecule has 1 aliphatic rings. The quantitative estimate of drug-likeness (QED) is 0.806. The number of nitrogens with one attached hydrogen (secondary N) is 1. The van der Waals surface area contributed by atoms with Gasteiger partial charge in [-0.05, 0) is 36.6 Å². The minimum atomic E-state index is 0.814. The highest BCUT2D eigenvalue weighted by molar-refractivity contribution is 5.96. The molecule has 1 heterocycles. The van der Waals surface area contributed by atoms with E-state index >= 15 is 0 Å². The smallest absolute Gasteiger partial charge is 0.0724 e. The van der Waals surface area contributed by atoms with Gasteiger partial charge in [-0.3, -0.25) is 4.98 Å². The van der Waals surface area contributed by atoms with Crippen molar-refractivity contribution < 1.29 is 0 Å². The van der Waals surface area contributed by atoms with Crippen molar-refractivity contribution in [2.24, 2.45) is 5.92 Å². The number of aromatic nitrogens is 1. The minimum absolute atomic E-state index is 0.814. The average Bonchev–Trinajstić information content (AvgIpc) is 2.35. The van der Waals surface area contributed by atoms with E-state index < -0.39 is 0 Å². The van der Waals surface area contributed by atoms with Crippen molar-refractivity contribution in [3.8, 4) is 0 Å². The first-order valence-corrected chi connectivity index (χ1v) is 6.71. The Labute approximate surface area is 107 Å². The zero-order chi connectivity index (χ0) is 12.4. The Balaban J connectivity index is 1.73. The van der Waals surface area contributed by atoms with Gasteiger partial charge in [-0.1, -0.05) is 19.3 Å². The Morgan fingerprint density at radius 2 is 2.17 bits per heavy atom. The largest absolute Gasteiger partial charge is 0.397 e. The molecule has 3 nitrogen and oxygen atoms in total. The third-order valence-corrected chi connectivity index (χ3v) is 3.92. The van der Waals surface area contributed by atoms with E-state index in [1.165, 1.54) is 25.7 Å². The van der Waals surface area contributed by atoms with Crippen LogP contribution < -0.4 is 11.1 Å². The molecule has 2 aromatic rings. The predicted octanol–water partition coefficient (Wildman–Crippen LogP) is 3.42. The molecule has 0 unspecified atom stereocenters. The van der Waals surface area contributed by atoms with Gasteiger partial charge in [0.25, 0.3) is 0 Å². The van der Waals surface area contributed by atoms with Crippen LogP contribution in [0.5, 0.6) is 0 Å². The van der Waals surface area contributed by atoms with Crippen molar-refractivity contribution in [3.63, 3.8) is 0 Å². The van der Waals surface area contributed by atoms with Crippen LogP contribution in [-0.2, 0) is 0 Å². The second-order valence-corrected chi connectivity index (χ2v) is 5.11. The third kappa shape index (κ3) is 2.13. The van der Waals surface area contributed by atoms with E-state index in [4.69, 9.17) is 5.73 Å². The van der Waals surface area contributed by atoms with Gasteiger partial charge in [0, 0.05) is 18.1 Å². The molecule has 1 saturated carbocycles. The monoisotopic (exact) mass is 241 g/mol. The van der Waals surface area contributed by atoms with Crippen LogP contribution in [0.1, 0.15) is 25.7 Å². The van der Waals surface area contributed by atoms with Crippen LogP contribution in [0.25, 0.3) is 10.9 Å². The first kappa shape index (κ1) is 11.3. The Bertz CT molecular complexity index is 546. The summed E-state index contributed by atoms with van der Waals surface area (Å²) in [6.45, 7) is 1.01. The van der Waals surface area contributed by atoms with Crippen LogP contribution in [0.15, 0.2) is 30.5 Å². The molecule has 0 atom stereocenters. The van der Waals surface area contributed by atoms with Crippen LogP contribution in [0, 0.1) is 5.92 Å². The number of fused-ring (bicyclic) bond motifs is 1. The normalized spacial score (nSPS) is 15.6. The van der Waals surface area contributed by atoms with E-state index in [9.17, 15) is 0 Å². The van der Waals surface area contributed by atoms with E-state index in [-0.39, 0.29) is 0 Å². The zero-order valence-electron chi connectivity index (χ0n) is 10.5. The summed E-state index contributed by atoms with van der Waals surface area (Å²) in [5, 5.41) is 4.48. The highest BCUT2D eigenvalue weighted by Gasteiger charge is 2.16. The second kappa shape index (κ2) is 4.84. The second-order valence-electron chi connectivity index (χ2n) is 5.11. The summed E-state index contributed by atoms with van der Waals surface area (Å²) in [5.41, 5.74) is 8.99. The van der Waals surface area contributed by atoms with Gasteiger partial charge in [-0.15, -0.1) is 0 Å². The van der Waals surface area contributed by atoms with E-state index in [1.807, 2.05) is 24.3 Å². The first-order chi connectivity index (χ1) is 8.84. The molecule has 0 aliphatic heterocycles. The van der Waals surface area contributed by atoms with Gasteiger partial charge < -0.3 is 11.1 Å². The highest BCUT2D eigenvalue weighted by Crippen LogP contribution is 2.30. The summed E-state index contributed by atoms with van der Waals surface area (Å²) < 4.78 is 0. The molecule has 0 spiro atoms. The number of rotatable bonds is 4. The summed E-state index contributed by atoms with van der Waals surface area (Å²) in [5.74, 6) is 0.931. The minimum Gasteiger partial charge on any atom is -0.397 e. The molecule has 0 amide bonds.